The number of rotatable bonds is 3. The molecule has 0 unspecified atom stereocenters. The van der Waals surface area contributed by atoms with Crippen molar-refractivity contribution in [3.8, 4) is 0 Å². The first kappa shape index (κ1) is 12.7. The highest BCUT2D eigenvalue weighted by atomic mass is 35.7. The summed E-state index contributed by atoms with van der Waals surface area (Å²) in [5, 5.41) is 0.122. The fraction of sp³-hybridized carbons (Fsp3) is 0.500. The molecule has 3 aliphatic rings. The third-order valence-electron chi connectivity index (χ3n) is 4.15. The monoisotopic (exact) mass is 308 g/mol. The third-order valence-corrected chi connectivity index (χ3v) is 5.72. The van der Waals surface area contributed by atoms with Crippen LogP contribution in [0.3, 0.4) is 0 Å². The van der Waals surface area contributed by atoms with Gasteiger partial charge in [-0.15, -0.1) is 0 Å². The second-order valence-corrected chi connectivity index (χ2v) is 8.81. The fourth-order valence-corrected chi connectivity index (χ4v) is 5.56. The first-order chi connectivity index (χ1) is 8.24. The topological polar surface area (TPSA) is 34.1 Å². The second kappa shape index (κ2) is 3.62. The summed E-state index contributed by atoms with van der Waals surface area (Å²) in [4.78, 5) is 0. The van der Waals surface area contributed by atoms with E-state index < -0.39 is 14.9 Å². The number of hydrogen-bond donors (Lipinski definition) is 0. The van der Waals surface area contributed by atoms with Crippen molar-refractivity contribution in [1.29, 1.82) is 0 Å². The minimum atomic E-state index is -3.44. The summed E-state index contributed by atoms with van der Waals surface area (Å²) in [5.74, 6) is -0.386. The van der Waals surface area contributed by atoms with E-state index in [9.17, 15) is 12.8 Å². The molecule has 0 aromatic heterocycles. The Hall–Kier alpha value is -0.320. The number of hydrogen-bond acceptors (Lipinski definition) is 2. The van der Waals surface area contributed by atoms with E-state index in [1.807, 2.05) is 0 Å². The molecule has 98 valence electrons. The van der Waals surface area contributed by atoms with Crippen molar-refractivity contribution in [1.82, 2.24) is 0 Å². The molecule has 3 saturated carbocycles. The molecule has 0 amide bonds. The molecule has 3 fully saturated rings. The van der Waals surface area contributed by atoms with Gasteiger partial charge in [0.05, 0.1) is 10.8 Å². The highest BCUT2D eigenvalue weighted by Crippen LogP contribution is 2.74. The standard InChI is InChI=1S/C12H11Cl2FO2S/c13-9-3-8(1-2-10(9)15)12-4-11(5-12,6-12)7-18(14,16)17/h1-3H,4-7H2. The van der Waals surface area contributed by atoms with Crippen molar-refractivity contribution in [2.45, 2.75) is 24.7 Å². The molecular weight excluding hydrogens is 298 g/mol. The zero-order chi connectivity index (χ0) is 13.2. The number of halogens is 3. The smallest absolute Gasteiger partial charge is 0.212 e. The van der Waals surface area contributed by atoms with E-state index in [4.69, 9.17) is 22.3 Å². The van der Waals surface area contributed by atoms with E-state index in [2.05, 4.69) is 0 Å². The molecule has 0 spiro atoms. The van der Waals surface area contributed by atoms with Gasteiger partial charge in [0, 0.05) is 10.7 Å². The third kappa shape index (κ3) is 1.86. The molecule has 3 aliphatic carbocycles. The van der Waals surface area contributed by atoms with E-state index >= 15 is 0 Å². The molecule has 4 rings (SSSR count). The van der Waals surface area contributed by atoms with Gasteiger partial charge in [-0.2, -0.15) is 0 Å². The lowest BCUT2D eigenvalue weighted by Crippen LogP contribution is -2.66. The normalized spacial score (nSPS) is 33.7. The van der Waals surface area contributed by atoms with Crippen molar-refractivity contribution in [3.63, 3.8) is 0 Å². The molecule has 18 heavy (non-hydrogen) atoms. The minimum absolute atomic E-state index is 0.00107. The molecule has 0 atom stereocenters. The van der Waals surface area contributed by atoms with Crippen LogP contribution in [0, 0.1) is 11.2 Å². The highest BCUT2D eigenvalue weighted by Gasteiger charge is 2.69. The molecule has 0 heterocycles. The highest BCUT2D eigenvalue weighted by molar-refractivity contribution is 8.13. The average molecular weight is 309 g/mol. The first-order valence-electron chi connectivity index (χ1n) is 5.62. The molecule has 0 N–H and O–H groups in total. The SMILES string of the molecule is O=S(=O)(Cl)CC12CC(c3ccc(F)c(Cl)c3)(C1)C2. The van der Waals surface area contributed by atoms with Crippen LogP contribution in [0.5, 0.6) is 0 Å². The van der Waals surface area contributed by atoms with Gasteiger partial charge in [0.25, 0.3) is 0 Å². The molecule has 0 saturated heterocycles. The fourth-order valence-electron chi connectivity index (χ4n) is 3.65. The van der Waals surface area contributed by atoms with Gasteiger partial charge < -0.3 is 0 Å². The molecular formula is C12H11Cl2FO2S. The Bertz CT molecular complexity index is 607. The molecule has 1 aromatic rings. The van der Waals surface area contributed by atoms with Gasteiger partial charge in [0.2, 0.25) is 9.05 Å². The zero-order valence-electron chi connectivity index (χ0n) is 9.42. The van der Waals surface area contributed by atoms with Crippen molar-refractivity contribution in [2.24, 2.45) is 5.41 Å². The Labute approximate surface area is 115 Å². The van der Waals surface area contributed by atoms with Gasteiger partial charge in [-0.3, -0.25) is 0 Å². The van der Waals surface area contributed by atoms with Crippen molar-refractivity contribution >= 4 is 31.3 Å². The summed E-state index contributed by atoms with van der Waals surface area (Å²) >= 11 is 5.77. The van der Waals surface area contributed by atoms with E-state index in [1.54, 1.807) is 12.1 Å². The Morgan fingerprint density at radius 3 is 2.39 bits per heavy atom. The molecule has 2 nitrogen and oxygen atoms in total. The first-order valence-corrected chi connectivity index (χ1v) is 8.47. The van der Waals surface area contributed by atoms with Crippen LogP contribution < -0.4 is 0 Å². The van der Waals surface area contributed by atoms with Gasteiger partial charge in [-0.25, -0.2) is 12.8 Å². The van der Waals surface area contributed by atoms with E-state index in [-0.39, 0.29) is 21.6 Å². The largest absolute Gasteiger partial charge is 0.233 e. The van der Waals surface area contributed by atoms with Gasteiger partial charge in [0.15, 0.2) is 0 Å². The lowest BCUT2D eigenvalue weighted by Gasteiger charge is -2.71. The maximum atomic E-state index is 13.1. The second-order valence-electron chi connectivity index (χ2n) is 5.62. The lowest BCUT2D eigenvalue weighted by atomic mass is 9.34. The summed E-state index contributed by atoms with van der Waals surface area (Å²) in [6.45, 7) is 0. The summed E-state index contributed by atoms with van der Waals surface area (Å²) in [6.07, 6.45) is 2.40. The quantitative estimate of drug-likeness (QED) is 0.801. The van der Waals surface area contributed by atoms with Gasteiger partial charge in [0.1, 0.15) is 5.82 Å². The number of benzene rings is 1. The van der Waals surface area contributed by atoms with Gasteiger partial charge in [-0.1, -0.05) is 17.7 Å². The van der Waals surface area contributed by atoms with Gasteiger partial charge in [-0.05, 0) is 47.8 Å². The van der Waals surface area contributed by atoms with E-state index in [0.717, 1.165) is 24.8 Å². The van der Waals surface area contributed by atoms with Crippen molar-refractivity contribution < 1.29 is 12.8 Å². The van der Waals surface area contributed by atoms with Crippen LogP contribution in [0.1, 0.15) is 24.8 Å². The Kier molecular flexibility index (Phi) is 2.55. The maximum absolute atomic E-state index is 13.1. The Morgan fingerprint density at radius 1 is 1.28 bits per heavy atom. The Balaban J connectivity index is 1.78. The van der Waals surface area contributed by atoms with Crippen LogP contribution in [0.25, 0.3) is 0 Å². The van der Waals surface area contributed by atoms with Crippen molar-refractivity contribution in [2.75, 3.05) is 5.75 Å². The van der Waals surface area contributed by atoms with Crippen LogP contribution >= 0.6 is 22.3 Å². The van der Waals surface area contributed by atoms with Crippen LogP contribution in [-0.2, 0) is 14.5 Å². The summed E-state index contributed by atoms with van der Waals surface area (Å²) in [6, 6.07) is 4.75. The van der Waals surface area contributed by atoms with Gasteiger partial charge >= 0.3 is 0 Å². The lowest BCUT2D eigenvalue weighted by molar-refractivity contribution is -0.122. The zero-order valence-corrected chi connectivity index (χ0v) is 11.7. The maximum Gasteiger partial charge on any atom is 0.233 e. The van der Waals surface area contributed by atoms with E-state index in [1.165, 1.54) is 6.07 Å². The van der Waals surface area contributed by atoms with Crippen LogP contribution in [0.15, 0.2) is 18.2 Å². The molecule has 0 radical (unpaired) electrons. The van der Waals surface area contributed by atoms with Crippen LogP contribution in [0.2, 0.25) is 5.02 Å². The Morgan fingerprint density at radius 2 is 1.89 bits per heavy atom. The summed E-state index contributed by atoms with van der Waals surface area (Å²) in [5.41, 5.74) is 0.850. The molecule has 6 heteroatoms. The van der Waals surface area contributed by atoms with Crippen LogP contribution in [-0.4, -0.2) is 14.2 Å². The summed E-state index contributed by atoms with van der Waals surface area (Å²) in [7, 11) is 1.85. The molecule has 2 bridgehead atoms. The van der Waals surface area contributed by atoms with Crippen molar-refractivity contribution in [3.05, 3.63) is 34.6 Å². The molecule has 0 aliphatic heterocycles. The minimum Gasteiger partial charge on any atom is -0.212 e. The predicted octanol–water partition coefficient (Wildman–Crippen LogP) is 3.47. The summed E-state index contributed by atoms with van der Waals surface area (Å²) < 4.78 is 35.3. The average Bonchev–Trinajstić information content (AvgIpc) is 2.12. The predicted molar refractivity (Wildman–Crippen MR) is 69.0 cm³/mol. The van der Waals surface area contributed by atoms with Crippen LogP contribution in [0.4, 0.5) is 4.39 Å². The molecule has 1 aromatic carbocycles. The van der Waals surface area contributed by atoms with E-state index in [0.29, 0.717) is 0 Å².